The van der Waals surface area contributed by atoms with Crippen LogP contribution in [0, 0.1) is 0 Å². The number of nitrogens with zero attached hydrogens (tertiary/aromatic N) is 2. The first-order valence-corrected chi connectivity index (χ1v) is 7.27. The number of alkyl halides is 1. The molecule has 108 valence electrons. The monoisotopic (exact) mass is 340 g/mol. The summed E-state index contributed by atoms with van der Waals surface area (Å²) in [7, 11) is 3.23. The van der Waals surface area contributed by atoms with Gasteiger partial charge in [0.2, 0.25) is 5.89 Å². The number of benzene rings is 1. The number of ether oxygens (including phenoxy) is 2. The molecule has 0 fully saturated rings. The molecule has 1 aromatic carbocycles. The van der Waals surface area contributed by atoms with Crippen molar-refractivity contribution < 1.29 is 14.0 Å². The Hall–Kier alpha value is -1.56. The second kappa shape index (κ2) is 6.74. The minimum Gasteiger partial charge on any atom is -0.493 e. The van der Waals surface area contributed by atoms with Crippen LogP contribution in [0.1, 0.15) is 35.5 Å². The predicted octanol–water partition coefficient (Wildman–Crippen LogP) is 3.52. The molecule has 1 heterocycles. The highest BCUT2D eigenvalue weighted by atomic mass is 79.9. The van der Waals surface area contributed by atoms with Gasteiger partial charge in [-0.3, -0.25) is 0 Å². The molecule has 0 aliphatic carbocycles. The number of aromatic nitrogens is 2. The lowest BCUT2D eigenvalue weighted by molar-refractivity contribution is 0.354. The maximum absolute atomic E-state index is 5.28. The van der Waals surface area contributed by atoms with Crippen LogP contribution in [-0.2, 0) is 6.42 Å². The summed E-state index contributed by atoms with van der Waals surface area (Å²) in [5, 5.41) is 3.99. The molecule has 0 amide bonds. The summed E-state index contributed by atoms with van der Waals surface area (Å²) in [5.74, 6) is 2.67. The summed E-state index contributed by atoms with van der Waals surface area (Å²) >= 11 is 3.49. The first-order chi connectivity index (χ1) is 9.67. The van der Waals surface area contributed by atoms with Crippen LogP contribution in [0.3, 0.4) is 0 Å². The molecular weight excluding hydrogens is 324 g/mol. The van der Waals surface area contributed by atoms with Crippen LogP contribution in [0.4, 0.5) is 0 Å². The molecule has 0 bridgehead atoms. The van der Waals surface area contributed by atoms with Crippen LogP contribution >= 0.6 is 15.9 Å². The van der Waals surface area contributed by atoms with Gasteiger partial charge in [0.25, 0.3) is 0 Å². The van der Waals surface area contributed by atoms with E-state index in [1.54, 1.807) is 14.2 Å². The largest absolute Gasteiger partial charge is 0.493 e. The van der Waals surface area contributed by atoms with Crippen LogP contribution in [-0.4, -0.2) is 24.4 Å². The molecule has 0 aliphatic heterocycles. The quantitative estimate of drug-likeness (QED) is 0.753. The Bertz CT molecular complexity index is 571. The van der Waals surface area contributed by atoms with E-state index in [0.717, 1.165) is 12.0 Å². The minimum absolute atomic E-state index is 0.106. The molecule has 0 N–H and O–H groups in total. The van der Waals surface area contributed by atoms with Gasteiger partial charge in [-0.05, 0) is 24.1 Å². The van der Waals surface area contributed by atoms with E-state index < -0.39 is 0 Å². The SMILES string of the molecule is CCC(Br)c1nc(Cc2ccc(OC)c(OC)c2)no1. The van der Waals surface area contributed by atoms with E-state index >= 15 is 0 Å². The molecule has 0 radical (unpaired) electrons. The van der Waals surface area contributed by atoms with Gasteiger partial charge in [-0.2, -0.15) is 4.98 Å². The average Bonchev–Trinajstić information content (AvgIpc) is 2.94. The summed E-state index contributed by atoms with van der Waals surface area (Å²) in [6, 6.07) is 5.75. The van der Waals surface area contributed by atoms with Gasteiger partial charge in [-0.15, -0.1) is 0 Å². The molecule has 0 spiro atoms. The average molecular weight is 341 g/mol. The van der Waals surface area contributed by atoms with Crippen molar-refractivity contribution in [3.8, 4) is 11.5 Å². The molecule has 1 unspecified atom stereocenters. The summed E-state index contributed by atoms with van der Waals surface area (Å²) in [5.41, 5.74) is 1.04. The van der Waals surface area contributed by atoms with Crippen molar-refractivity contribution in [2.75, 3.05) is 14.2 Å². The zero-order valence-electron chi connectivity index (χ0n) is 11.7. The predicted molar refractivity (Wildman–Crippen MR) is 78.6 cm³/mol. The normalized spacial score (nSPS) is 12.2. The number of halogens is 1. The number of rotatable bonds is 6. The summed E-state index contributed by atoms with van der Waals surface area (Å²) in [4.78, 5) is 4.48. The lowest BCUT2D eigenvalue weighted by Crippen LogP contribution is -1.95. The molecule has 1 atom stereocenters. The molecule has 0 saturated carbocycles. The third-order valence-electron chi connectivity index (χ3n) is 2.92. The third-order valence-corrected chi connectivity index (χ3v) is 3.96. The molecule has 6 heteroatoms. The van der Waals surface area contributed by atoms with Gasteiger partial charge in [-0.1, -0.05) is 34.1 Å². The van der Waals surface area contributed by atoms with Gasteiger partial charge in [0, 0.05) is 6.42 Å². The lowest BCUT2D eigenvalue weighted by Gasteiger charge is -2.08. The van der Waals surface area contributed by atoms with Crippen LogP contribution in [0.25, 0.3) is 0 Å². The van der Waals surface area contributed by atoms with E-state index in [0.29, 0.717) is 29.6 Å². The topological polar surface area (TPSA) is 57.4 Å². The van der Waals surface area contributed by atoms with Gasteiger partial charge in [-0.25, -0.2) is 0 Å². The Morgan fingerprint density at radius 3 is 2.65 bits per heavy atom. The van der Waals surface area contributed by atoms with Crippen molar-refractivity contribution in [3.63, 3.8) is 0 Å². The number of hydrogen-bond acceptors (Lipinski definition) is 5. The van der Waals surface area contributed by atoms with Crippen LogP contribution < -0.4 is 9.47 Å². The highest BCUT2D eigenvalue weighted by molar-refractivity contribution is 9.09. The van der Waals surface area contributed by atoms with E-state index in [4.69, 9.17) is 14.0 Å². The Labute approximate surface area is 126 Å². The van der Waals surface area contributed by atoms with Crippen LogP contribution in [0.15, 0.2) is 22.7 Å². The first-order valence-electron chi connectivity index (χ1n) is 6.35. The molecular formula is C14H17BrN2O3. The number of methoxy groups -OCH3 is 2. The fourth-order valence-electron chi connectivity index (χ4n) is 1.81. The Kier molecular flexibility index (Phi) is 5.00. The second-order valence-corrected chi connectivity index (χ2v) is 5.40. The fourth-order valence-corrected chi connectivity index (χ4v) is 2.00. The van der Waals surface area contributed by atoms with Gasteiger partial charge in [0.05, 0.1) is 19.0 Å². The molecule has 0 saturated heterocycles. The van der Waals surface area contributed by atoms with Crippen molar-refractivity contribution in [1.29, 1.82) is 0 Å². The van der Waals surface area contributed by atoms with E-state index in [-0.39, 0.29) is 4.83 Å². The Morgan fingerprint density at radius 1 is 1.25 bits per heavy atom. The van der Waals surface area contributed by atoms with Crippen molar-refractivity contribution >= 4 is 15.9 Å². The van der Waals surface area contributed by atoms with Crippen LogP contribution in [0.5, 0.6) is 11.5 Å². The first kappa shape index (κ1) is 14.8. The van der Waals surface area contributed by atoms with Crippen molar-refractivity contribution in [1.82, 2.24) is 10.1 Å². The van der Waals surface area contributed by atoms with Crippen LogP contribution in [0.2, 0.25) is 0 Å². The van der Waals surface area contributed by atoms with Crippen molar-refractivity contribution in [3.05, 3.63) is 35.5 Å². The van der Waals surface area contributed by atoms with Crippen molar-refractivity contribution in [2.45, 2.75) is 24.6 Å². The van der Waals surface area contributed by atoms with Gasteiger partial charge >= 0.3 is 0 Å². The zero-order chi connectivity index (χ0) is 14.5. The molecule has 1 aromatic heterocycles. The van der Waals surface area contributed by atoms with E-state index in [2.05, 4.69) is 33.0 Å². The summed E-state index contributed by atoms with van der Waals surface area (Å²) in [6.07, 6.45) is 1.49. The highest BCUT2D eigenvalue weighted by Gasteiger charge is 2.14. The second-order valence-electron chi connectivity index (χ2n) is 4.29. The maximum atomic E-state index is 5.28. The summed E-state index contributed by atoms with van der Waals surface area (Å²) < 4.78 is 15.7. The Morgan fingerprint density at radius 2 is 2.00 bits per heavy atom. The third kappa shape index (κ3) is 3.30. The number of hydrogen-bond donors (Lipinski definition) is 0. The van der Waals surface area contributed by atoms with Gasteiger partial charge in [0.1, 0.15) is 0 Å². The maximum Gasteiger partial charge on any atom is 0.240 e. The fraction of sp³-hybridized carbons (Fsp3) is 0.429. The molecule has 5 nitrogen and oxygen atoms in total. The van der Waals surface area contributed by atoms with Crippen molar-refractivity contribution in [2.24, 2.45) is 0 Å². The molecule has 2 rings (SSSR count). The minimum atomic E-state index is 0.106. The molecule has 2 aromatic rings. The van der Waals surface area contributed by atoms with E-state index in [9.17, 15) is 0 Å². The molecule has 0 aliphatic rings. The smallest absolute Gasteiger partial charge is 0.240 e. The standard InChI is InChI=1S/C14H17BrN2O3/c1-4-10(15)14-16-13(17-20-14)8-9-5-6-11(18-2)12(7-9)19-3/h5-7,10H,4,8H2,1-3H3. The Balaban J connectivity index is 2.15. The van der Waals surface area contributed by atoms with E-state index in [1.165, 1.54) is 0 Å². The van der Waals surface area contributed by atoms with Gasteiger partial charge in [0.15, 0.2) is 17.3 Å². The zero-order valence-corrected chi connectivity index (χ0v) is 13.3. The van der Waals surface area contributed by atoms with Gasteiger partial charge < -0.3 is 14.0 Å². The molecule has 20 heavy (non-hydrogen) atoms. The summed E-state index contributed by atoms with van der Waals surface area (Å²) in [6.45, 7) is 2.05. The van der Waals surface area contributed by atoms with E-state index in [1.807, 2.05) is 18.2 Å². The lowest BCUT2D eigenvalue weighted by atomic mass is 10.1. The highest BCUT2D eigenvalue weighted by Crippen LogP contribution is 2.29.